The molecule has 4 unspecified atom stereocenters. The highest BCUT2D eigenvalue weighted by Crippen LogP contribution is 2.48. The second-order valence-corrected chi connectivity index (χ2v) is 17.1. The van der Waals surface area contributed by atoms with Gasteiger partial charge in [-0.3, -0.25) is 14.4 Å². The Bertz CT molecular complexity index is 1350. The van der Waals surface area contributed by atoms with Crippen molar-refractivity contribution in [3.05, 3.63) is 79.6 Å². The van der Waals surface area contributed by atoms with Crippen molar-refractivity contribution in [1.82, 2.24) is 4.90 Å². The highest BCUT2D eigenvalue weighted by molar-refractivity contribution is 6.77. The molecule has 1 aliphatic heterocycles. The fourth-order valence-electron chi connectivity index (χ4n) is 5.81. The third kappa shape index (κ3) is 6.30. The van der Waals surface area contributed by atoms with Crippen LogP contribution in [0, 0.1) is 5.92 Å². The molecule has 1 heterocycles. The number of carbonyl (C=O) groups is 3. The van der Waals surface area contributed by atoms with E-state index in [4.69, 9.17) is 33.5 Å². The third-order valence-corrected chi connectivity index (χ3v) is 11.0. The maximum Gasteiger partial charge on any atom is 0.313 e. The van der Waals surface area contributed by atoms with Crippen LogP contribution in [0.4, 0.5) is 0 Å². The zero-order valence-electron chi connectivity index (χ0n) is 22.4. The van der Waals surface area contributed by atoms with E-state index < -0.39 is 43.9 Å². The molecule has 40 heavy (non-hydrogen) atoms. The molecule has 1 saturated carbocycles. The number of aliphatic carboxylic acids is 1. The first-order valence-corrected chi connectivity index (χ1v) is 17.5. The van der Waals surface area contributed by atoms with Crippen molar-refractivity contribution >= 4 is 49.1 Å². The molecule has 4 rings (SSSR count). The molecule has 9 nitrogen and oxygen atoms in total. The van der Waals surface area contributed by atoms with Crippen molar-refractivity contribution in [1.29, 1.82) is 0 Å². The van der Waals surface area contributed by atoms with E-state index in [1.807, 2.05) is 0 Å². The van der Waals surface area contributed by atoms with Gasteiger partial charge in [0.15, 0.2) is 0 Å². The molecule has 0 spiro atoms. The Hall–Kier alpha value is -3.04. The lowest BCUT2D eigenvalue weighted by Gasteiger charge is -2.48. The van der Waals surface area contributed by atoms with Gasteiger partial charge in [0, 0.05) is 32.7 Å². The number of fused-ring (bicyclic) bond motifs is 1. The molecule has 0 saturated heterocycles. The lowest BCUT2D eigenvalue weighted by atomic mass is 9.75. The first-order valence-electron chi connectivity index (χ1n) is 13.3. The van der Waals surface area contributed by atoms with Gasteiger partial charge in [0.05, 0.1) is 26.6 Å². The molecule has 2 aromatic rings. The largest absolute Gasteiger partial charge is 0.481 e. The van der Waals surface area contributed by atoms with Crippen LogP contribution in [0.15, 0.2) is 47.6 Å². The number of amides is 1. The highest BCUT2D eigenvalue weighted by Gasteiger charge is 2.50. The summed E-state index contributed by atoms with van der Waals surface area (Å²) in [5.41, 5.74) is 9.83. The van der Waals surface area contributed by atoms with Crippen molar-refractivity contribution in [2.75, 3.05) is 12.8 Å². The summed E-state index contributed by atoms with van der Waals surface area (Å²) in [5.74, 6) is -3.55. The third-order valence-electron chi connectivity index (χ3n) is 7.90. The standard InChI is InChI=1S/C28H32Cl2N4O5Si/c1-40(2,16-32-33-31)14-13-39-28(38)21-9-5-6-10-23(21)34-25(20-12-11-17(29)15-22(20)30)24(27(36)37)18-7-3-4-8-19(18)26(34)35/h3-4,7-8,11-12,15,21,23-25H,5-6,9-10,13-14,16H2,1-2H3,(H,36,37). The summed E-state index contributed by atoms with van der Waals surface area (Å²) >= 11 is 12.8. The number of benzene rings is 2. The Balaban J connectivity index is 1.72. The molecule has 1 amide bonds. The molecule has 4 atom stereocenters. The highest BCUT2D eigenvalue weighted by atomic mass is 35.5. The van der Waals surface area contributed by atoms with Crippen LogP contribution < -0.4 is 0 Å². The number of nitrogens with zero attached hydrogens (tertiary/aromatic N) is 4. The van der Waals surface area contributed by atoms with Gasteiger partial charge in [0.1, 0.15) is 5.92 Å². The topological polar surface area (TPSA) is 133 Å². The number of carboxylic acid groups (broad SMARTS) is 1. The molecule has 2 aromatic carbocycles. The van der Waals surface area contributed by atoms with Gasteiger partial charge in [-0.25, -0.2) is 0 Å². The Morgan fingerprint density at radius 2 is 1.88 bits per heavy atom. The lowest BCUT2D eigenvalue weighted by molar-refractivity contribution is -0.152. The fourth-order valence-corrected chi connectivity index (χ4v) is 7.59. The SMILES string of the molecule is C[Si](C)(CCOC(=O)C1CCCCC1N1C(=O)c2ccccc2C(C(=O)O)C1c1ccc(Cl)cc1Cl)CN=[N+]=[N-]. The Labute approximate surface area is 244 Å². The summed E-state index contributed by atoms with van der Waals surface area (Å²) in [6, 6.07) is 10.6. The second kappa shape index (κ2) is 12.6. The smallest absolute Gasteiger partial charge is 0.313 e. The maximum absolute atomic E-state index is 14.1. The monoisotopic (exact) mass is 602 g/mol. The van der Waals surface area contributed by atoms with E-state index in [0.29, 0.717) is 46.8 Å². The molecule has 0 aromatic heterocycles. The summed E-state index contributed by atoms with van der Waals surface area (Å²) in [6.45, 7) is 4.33. The van der Waals surface area contributed by atoms with Crippen LogP contribution in [-0.4, -0.2) is 54.7 Å². The second-order valence-electron chi connectivity index (χ2n) is 11.2. The predicted molar refractivity (Wildman–Crippen MR) is 155 cm³/mol. The van der Waals surface area contributed by atoms with Crippen molar-refractivity contribution in [3.63, 3.8) is 0 Å². The van der Waals surface area contributed by atoms with E-state index in [1.54, 1.807) is 41.3 Å². The van der Waals surface area contributed by atoms with Crippen LogP contribution in [0.3, 0.4) is 0 Å². The zero-order valence-corrected chi connectivity index (χ0v) is 24.9. The Morgan fingerprint density at radius 3 is 2.58 bits per heavy atom. The summed E-state index contributed by atoms with van der Waals surface area (Å²) in [4.78, 5) is 44.9. The van der Waals surface area contributed by atoms with E-state index in [9.17, 15) is 19.5 Å². The van der Waals surface area contributed by atoms with Crippen molar-refractivity contribution in [3.8, 4) is 0 Å². The van der Waals surface area contributed by atoms with Crippen LogP contribution in [0.5, 0.6) is 0 Å². The normalized spacial score (nSPS) is 22.7. The van der Waals surface area contributed by atoms with E-state index in [1.165, 1.54) is 6.07 Å². The van der Waals surface area contributed by atoms with E-state index >= 15 is 0 Å². The van der Waals surface area contributed by atoms with Crippen molar-refractivity contribution < 1.29 is 24.2 Å². The number of halogens is 2. The van der Waals surface area contributed by atoms with Crippen LogP contribution in [0.25, 0.3) is 10.4 Å². The molecule has 12 heteroatoms. The van der Waals surface area contributed by atoms with Crippen molar-refractivity contribution in [2.24, 2.45) is 11.0 Å². The molecule has 1 fully saturated rings. The number of rotatable bonds is 9. The van der Waals surface area contributed by atoms with Crippen molar-refractivity contribution in [2.45, 2.75) is 62.8 Å². The minimum absolute atomic E-state index is 0.198. The van der Waals surface area contributed by atoms with Crippen LogP contribution in [0.2, 0.25) is 29.2 Å². The van der Waals surface area contributed by atoms with Gasteiger partial charge < -0.3 is 14.7 Å². The Morgan fingerprint density at radius 1 is 1.15 bits per heavy atom. The molecule has 1 aliphatic carbocycles. The first kappa shape index (κ1) is 29.9. The number of hydrogen-bond donors (Lipinski definition) is 1. The van der Waals surface area contributed by atoms with Crippen LogP contribution in [-0.2, 0) is 14.3 Å². The molecule has 212 valence electrons. The van der Waals surface area contributed by atoms with Crippen LogP contribution >= 0.6 is 23.2 Å². The van der Waals surface area contributed by atoms with Gasteiger partial charge in [-0.2, -0.15) is 0 Å². The van der Waals surface area contributed by atoms with E-state index in [-0.39, 0.29) is 17.5 Å². The quantitative estimate of drug-likeness (QED) is 0.108. The predicted octanol–water partition coefficient (Wildman–Crippen LogP) is 7.02. The fraction of sp³-hybridized carbons (Fsp3) is 0.464. The number of ether oxygens (including phenoxy) is 1. The molecule has 0 radical (unpaired) electrons. The molecular formula is C28H32Cl2N4O5Si. The van der Waals surface area contributed by atoms with E-state index in [2.05, 4.69) is 23.1 Å². The van der Waals surface area contributed by atoms with Gasteiger partial charge >= 0.3 is 11.9 Å². The average Bonchev–Trinajstić information content (AvgIpc) is 2.91. The zero-order chi connectivity index (χ0) is 29.0. The molecule has 2 aliphatic rings. The maximum atomic E-state index is 14.1. The molecular weight excluding hydrogens is 571 g/mol. The lowest BCUT2D eigenvalue weighted by Crippen LogP contribution is -2.54. The molecule has 1 N–H and O–H groups in total. The number of esters is 1. The molecule has 0 bridgehead atoms. The average molecular weight is 604 g/mol. The number of carboxylic acids is 1. The summed E-state index contributed by atoms with van der Waals surface area (Å²) in [7, 11) is -1.88. The summed E-state index contributed by atoms with van der Waals surface area (Å²) < 4.78 is 5.74. The van der Waals surface area contributed by atoms with Gasteiger partial charge in [0.2, 0.25) is 0 Å². The van der Waals surface area contributed by atoms with Gasteiger partial charge in [0.25, 0.3) is 5.91 Å². The summed E-state index contributed by atoms with van der Waals surface area (Å²) in [5, 5.41) is 14.8. The van der Waals surface area contributed by atoms with Gasteiger partial charge in [-0.15, -0.1) is 0 Å². The minimum Gasteiger partial charge on any atom is -0.481 e. The van der Waals surface area contributed by atoms with Gasteiger partial charge in [-0.1, -0.05) is 78.5 Å². The minimum atomic E-state index is -1.88. The van der Waals surface area contributed by atoms with E-state index in [0.717, 1.165) is 12.8 Å². The number of hydrogen-bond acceptors (Lipinski definition) is 5. The summed E-state index contributed by atoms with van der Waals surface area (Å²) in [6.07, 6.45) is 3.03. The number of azide groups is 1. The Kier molecular flexibility index (Phi) is 9.46. The van der Waals surface area contributed by atoms with Gasteiger partial charge in [-0.05, 0) is 53.7 Å². The first-order chi connectivity index (χ1) is 19.1. The van der Waals surface area contributed by atoms with Crippen LogP contribution in [0.1, 0.15) is 59.1 Å². The number of carbonyl (C=O) groups excluding carboxylic acids is 2.